The molecule has 0 fully saturated rings. The van der Waals surface area contributed by atoms with Crippen LogP contribution in [0.3, 0.4) is 0 Å². The Morgan fingerprint density at radius 3 is 2.45 bits per heavy atom. The molecular formula is C23H12ClN3O3S. The van der Waals surface area contributed by atoms with Crippen molar-refractivity contribution in [3.63, 3.8) is 0 Å². The first-order chi connectivity index (χ1) is 14.8. The molecule has 0 atom stereocenters. The predicted octanol–water partition coefficient (Wildman–Crippen LogP) is 4.89. The summed E-state index contributed by atoms with van der Waals surface area (Å²) in [7, 11) is -4.02. The Hall–Kier alpha value is -3.96. The number of allylic oxidation sites excluding steroid dienone is 6. The first-order valence-electron chi connectivity index (χ1n) is 8.82. The van der Waals surface area contributed by atoms with Crippen LogP contribution in [-0.2, 0) is 9.84 Å². The molecule has 150 valence electrons. The second-order valence-electron chi connectivity index (χ2n) is 6.32. The number of nitriles is 2. The fraction of sp³-hybridized carbons (Fsp3) is 0.0435. The lowest BCUT2D eigenvalue weighted by molar-refractivity contribution is 0.104. The van der Waals surface area contributed by atoms with Crippen LogP contribution in [0.5, 0.6) is 0 Å². The van der Waals surface area contributed by atoms with Gasteiger partial charge in [0.05, 0.1) is 23.6 Å². The number of hydrogen-bond donors (Lipinski definition) is 0. The van der Waals surface area contributed by atoms with E-state index in [1.54, 1.807) is 36.4 Å². The van der Waals surface area contributed by atoms with E-state index in [1.165, 1.54) is 30.4 Å². The molecule has 0 bridgehead atoms. The lowest BCUT2D eigenvalue weighted by atomic mass is 9.96. The zero-order valence-electron chi connectivity index (χ0n) is 15.8. The molecule has 0 amide bonds. The fourth-order valence-electron chi connectivity index (χ4n) is 3.13. The van der Waals surface area contributed by atoms with Gasteiger partial charge in [0.15, 0.2) is 0 Å². The number of ketones is 1. The number of fused-ring (bicyclic) bond motifs is 1. The molecule has 1 aliphatic heterocycles. The van der Waals surface area contributed by atoms with Crippen LogP contribution in [0.1, 0.15) is 22.3 Å². The summed E-state index contributed by atoms with van der Waals surface area (Å²) in [5, 5.41) is 19.2. The monoisotopic (exact) mass is 445 g/mol. The van der Waals surface area contributed by atoms with Crippen molar-refractivity contribution in [2.45, 2.75) is 11.3 Å². The Balaban J connectivity index is 2.04. The van der Waals surface area contributed by atoms with Gasteiger partial charge in [0, 0.05) is 21.7 Å². The number of sulfone groups is 1. The minimum Gasteiger partial charge on any atom is -0.288 e. The van der Waals surface area contributed by atoms with Crippen LogP contribution >= 0.6 is 11.6 Å². The molecule has 0 aliphatic carbocycles. The Kier molecular flexibility index (Phi) is 6.18. The van der Waals surface area contributed by atoms with Crippen LogP contribution in [-0.4, -0.2) is 14.2 Å². The maximum atomic E-state index is 12.7. The van der Waals surface area contributed by atoms with Crippen molar-refractivity contribution < 1.29 is 13.2 Å². The van der Waals surface area contributed by atoms with E-state index in [2.05, 4.69) is 4.85 Å². The second kappa shape index (κ2) is 8.81. The Morgan fingerprint density at radius 1 is 1.13 bits per heavy atom. The second-order valence-corrected chi connectivity index (χ2v) is 8.64. The van der Waals surface area contributed by atoms with Crippen LogP contribution in [0.15, 0.2) is 81.8 Å². The summed E-state index contributed by atoms with van der Waals surface area (Å²) < 4.78 is 25.4. The van der Waals surface area contributed by atoms with Gasteiger partial charge in [0.2, 0.25) is 15.6 Å². The molecule has 8 heteroatoms. The normalized spacial score (nSPS) is 16.6. The zero-order valence-corrected chi connectivity index (χ0v) is 17.4. The first-order valence-corrected chi connectivity index (χ1v) is 10.7. The number of halogens is 1. The summed E-state index contributed by atoms with van der Waals surface area (Å²) in [6.07, 6.45) is 2.53. The van der Waals surface area contributed by atoms with Gasteiger partial charge in [-0.05, 0) is 30.2 Å². The maximum absolute atomic E-state index is 12.7. The SMILES string of the molecule is [C-]#[N+]C(C#N)=C(C(C#N)=CCC=C1C(=O)c2ccc(Cl)cc2S1(=O)=O)c1ccccc1. The standard InChI is InChI=1S/C23H12ClN3O3S/c1-27-19(14-26)22(15-6-3-2-4-7-15)16(13-25)8-5-9-20-23(28)18-11-10-17(24)12-21(18)31(20,29)30/h2-4,6-12H,5H2. The van der Waals surface area contributed by atoms with Crippen molar-refractivity contribution in [3.05, 3.63) is 104 Å². The summed E-state index contributed by atoms with van der Waals surface area (Å²) in [6, 6.07) is 16.3. The molecule has 1 heterocycles. The molecule has 2 aromatic carbocycles. The highest BCUT2D eigenvalue weighted by Gasteiger charge is 2.38. The number of Topliss-reactive ketones (excluding diaryl/α,β-unsaturated/α-hetero) is 1. The number of hydrogen-bond acceptors (Lipinski definition) is 5. The Morgan fingerprint density at radius 2 is 1.84 bits per heavy atom. The minimum absolute atomic E-state index is 0.0269. The molecular weight excluding hydrogens is 434 g/mol. The van der Waals surface area contributed by atoms with Crippen LogP contribution < -0.4 is 0 Å². The van der Waals surface area contributed by atoms with Crippen LogP contribution in [0.4, 0.5) is 0 Å². The smallest absolute Gasteiger partial charge is 0.270 e. The highest BCUT2D eigenvalue weighted by atomic mass is 35.5. The van der Waals surface area contributed by atoms with Gasteiger partial charge in [-0.3, -0.25) is 4.79 Å². The highest BCUT2D eigenvalue weighted by molar-refractivity contribution is 7.97. The predicted molar refractivity (Wildman–Crippen MR) is 115 cm³/mol. The van der Waals surface area contributed by atoms with Crippen LogP contribution in [0.25, 0.3) is 10.4 Å². The van der Waals surface area contributed by atoms with Crippen molar-refractivity contribution in [2.75, 3.05) is 0 Å². The number of carbonyl (C=O) groups is 1. The van der Waals surface area contributed by atoms with E-state index in [9.17, 15) is 23.7 Å². The van der Waals surface area contributed by atoms with Gasteiger partial charge in [0.25, 0.3) is 5.70 Å². The Labute approximate surface area is 184 Å². The van der Waals surface area contributed by atoms with Crippen molar-refractivity contribution in [3.8, 4) is 12.1 Å². The quantitative estimate of drug-likeness (QED) is 0.288. The van der Waals surface area contributed by atoms with E-state index >= 15 is 0 Å². The number of rotatable bonds is 4. The molecule has 2 aromatic rings. The summed E-state index contributed by atoms with van der Waals surface area (Å²) in [6.45, 7) is 7.25. The first kappa shape index (κ1) is 21.7. The summed E-state index contributed by atoms with van der Waals surface area (Å²) in [4.78, 5) is 15.2. The highest BCUT2D eigenvalue weighted by Crippen LogP contribution is 2.36. The fourth-order valence-corrected chi connectivity index (χ4v) is 5.01. The van der Waals surface area contributed by atoms with Gasteiger partial charge in [-0.1, -0.05) is 54.1 Å². The summed E-state index contributed by atoms with van der Waals surface area (Å²) >= 11 is 5.86. The van der Waals surface area contributed by atoms with Crippen molar-refractivity contribution in [1.29, 1.82) is 10.5 Å². The molecule has 0 saturated carbocycles. The molecule has 0 unspecified atom stereocenters. The summed E-state index contributed by atoms with van der Waals surface area (Å²) in [5.41, 5.74) is 0.457. The van der Waals surface area contributed by atoms with Crippen molar-refractivity contribution in [1.82, 2.24) is 0 Å². The molecule has 3 rings (SSSR count). The van der Waals surface area contributed by atoms with E-state index in [1.807, 2.05) is 6.07 Å². The average Bonchev–Trinajstić information content (AvgIpc) is 2.96. The van der Waals surface area contributed by atoms with Gasteiger partial charge >= 0.3 is 0 Å². The topological polar surface area (TPSA) is 103 Å². The van der Waals surface area contributed by atoms with E-state index in [4.69, 9.17) is 18.2 Å². The summed E-state index contributed by atoms with van der Waals surface area (Å²) in [5.74, 6) is -0.642. The van der Waals surface area contributed by atoms with E-state index < -0.39 is 20.5 Å². The lowest BCUT2D eigenvalue weighted by Gasteiger charge is -2.07. The van der Waals surface area contributed by atoms with Crippen LogP contribution in [0, 0.1) is 29.2 Å². The molecule has 0 N–H and O–H groups in total. The third-order valence-corrected chi connectivity index (χ3v) is 6.61. The van der Waals surface area contributed by atoms with Gasteiger partial charge in [0.1, 0.15) is 4.91 Å². The van der Waals surface area contributed by atoms with E-state index in [-0.39, 0.29) is 38.7 Å². The maximum Gasteiger partial charge on any atom is 0.270 e. The van der Waals surface area contributed by atoms with Crippen molar-refractivity contribution in [2.24, 2.45) is 0 Å². The minimum atomic E-state index is -4.02. The van der Waals surface area contributed by atoms with Gasteiger partial charge in [-0.15, -0.1) is 0 Å². The zero-order chi connectivity index (χ0) is 22.6. The van der Waals surface area contributed by atoms with Gasteiger partial charge < -0.3 is 0 Å². The Bertz CT molecular complexity index is 1400. The molecule has 0 radical (unpaired) electrons. The number of carbonyl (C=O) groups excluding carboxylic acids is 1. The lowest BCUT2D eigenvalue weighted by Crippen LogP contribution is -2.02. The third kappa shape index (κ3) is 4.04. The number of benzene rings is 2. The molecule has 6 nitrogen and oxygen atoms in total. The van der Waals surface area contributed by atoms with Crippen LogP contribution in [0.2, 0.25) is 5.02 Å². The molecule has 31 heavy (non-hydrogen) atoms. The van der Waals surface area contributed by atoms with Crippen molar-refractivity contribution >= 4 is 32.8 Å². The number of nitrogens with zero attached hydrogens (tertiary/aromatic N) is 3. The molecule has 0 aromatic heterocycles. The van der Waals surface area contributed by atoms with Gasteiger partial charge in [-0.25, -0.2) is 18.5 Å². The largest absolute Gasteiger partial charge is 0.288 e. The average molecular weight is 446 g/mol. The molecule has 0 saturated heterocycles. The van der Waals surface area contributed by atoms with E-state index in [0.717, 1.165) is 0 Å². The third-order valence-electron chi connectivity index (χ3n) is 4.52. The molecule has 1 aliphatic rings. The molecule has 0 spiro atoms. The van der Waals surface area contributed by atoms with E-state index in [0.29, 0.717) is 5.56 Å². The van der Waals surface area contributed by atoms with Gasteiger partial charge in [-0.2, -0.15) is 5.26 Å².